The molecular formula is C18H17F3N4. The lowest BCUT2D eigenvalue weighted by molar-refractivity contribution is 0.487. The van der Waals surface area contributed by atoms with Gasteiger partial charge in [0.1, 0.15) is 11.9 Å². The third-order valence-corrected chi connectivity index (χ3v) is 4.15. The quantitative estimate of drug-likeness (QED) is 0.643. The Hall–Kier alpha value is -2.46. The van der Waals surface area contributed by atoms with Gasteiger partial charge in [-0.2, -0.15) is 5.26 Å². The molecule has 0 bridgehead atoms. The van der Waals surface area contributed by atoms with Gasteiger partial charge in [-0.1, -0.05) is 0 Å². The molecule has 1 N–H and O–H groups in total. The third-order valence-electron chi connectivity index (χ3n) is 4.15. The molecule has 1 heterocycles. The van der Waals surface area contributed by atoms with E-state index in [9.17, 15) is 13.2 Å². The molecule has 0 saturated heterocycles. The highest BCUT2D eigenvalue weighted by molar-refractivity contribution is 5.62. The average Bonchev–Trinajstić information content (AvgIpc) is 3.44. The normalized spacial score (nSPS) is 13.7. The first-order valence-electron chi connectivity index (χ1n) is 8.15. The Balaban J connectivity index is 1.88. The van der Waals surface area contributed by atoms with Crippen molar-refractivity contribution in [2.75, 3.05) is 6.54 Å². The Labute approximate surface area is 143 Å². The van der Waals surface area contributed by atoms with E-state index in [0.29, 0.717) is 18.2 Å². The summed E-state index contributed by atoms with van der Waals surface area (Å²) < 4.78 is 41.5. The number of nitrogens with zero attached hydrogens (tertiary/aromatic N) is 3. The first-order valence-corrected chi connectivity index (χ1v) is 8.15. The Morgan fingerprint density at radius 3 is 2.64 bits per heavy atom. The molecule has 1 aliphatic carbocycles. The van der Waals surface area contributed by atoms with Crippen LogP contribution in [0, 0.1) is 35.7 Å². The molecule has 1 fully saturated rings. The zero-order valence-corrected chi connectivity index (χ0v) is 13.7. The van der Waals surface area contributed by atoms with E-state index in [1.54, 1.807) is 0 Å². The fraction of sp³-hybridized carbons (Fsp3) is 0.389. The van der Waals surface area contributed by atoms with Crippen LogP contribution in [0.15, 0.2) is 12.1 Å². The Morgan fingerprint density at radius 2 is 1.96 bits per heavy atom. The van der Waals surface area contributed by atoms with Crippen molar-refractivity contribution >= 4 is 0 Å². The molecule has 1 aromatic heterocycles. The van der Waals surface area contributed by atoms with E-state index in [1.807, 2.05) is 6.07 Å². The van der Waals surface area contributed by atoms with Crippen molar-refractivity contribution in [2.45, 2.75) is 38.6 Å². The maximum Gasteiger partial charge on any atom is 0.232 e. The highest BCUT2D eigenvalue weighted by Crippen LogP contribution is 2.27. The van der Waals surface area contributed by atoms with Gasteiger partial charge in [0.05, 0.1) is 5.69 Å². The van der Waals surface area contributed by atoms with E-state index >= 15 is 0 Å². The van der Waals surface area contributed by atoms with Crippen LogP contribution in [0.25, 0.3) is 11.3 Å². The van der Waals surface area contributed by atoms with Crippen LogP contribution in [0.5, 0.6) is 0 Å². The number of aromatic nitrogens is 2. The Kier molecular flexibility index (Phi) is 5.00. The molecule has 0 unspecified atom stereocenters. The highest BCUT2D eigenvalue weighted by atomic mass is 19.2. The summed E-state index contributed by atoms with van der Waals surface area (Å²) in [7, 11) is 0. The van der Waals surface area contributed by atoms with Gasteiger partial charge in [-0.25, -0.2) is 23.1 Å². The minimum atomic E-state index is -1.22. The van der Waals surface area contributed by atoms with E-state index in [2.05, 4.69) is 15.3 Å². The van der Waals surface area contributed by atoms with Crippen molar-refractivity contribution < 1.29 is 13.2 Å². The van der Waals surface area contributed by atoms with Gasteiger partial charge < -0.3 is 5.32 Å². The number of hydrogen-bond donors (Lipinski definition) is 1. The van der Waals surface area contributed by atoms with Crippen molar-refractivity contribution in [3.05, 3.63) is 46.7 Å². The lowest BCUT2D eigenvalue weighted by Gasteiger charge is -2.09. The van der Waals surface area contributed by atoms with Crippen molar-refractivity contribution in [3.63, 3.8) is 0 Å². The van der Waals surface area contributed by atoms with Gasteiger partial charge in [-0.3, -0.25) is 0 Å². The van der Waals surface area contributed by atoms with Gasteiger partial charge >= 0.3 is 0 Å². The summed E-state index contributed by atoms with van der Waals surface area (Å²) >= 11 is 0. The predicted octanol–water partition coefficient (Wildman–Crippen LogP) is 3.43. The summed E-state index contributed by atoms with van der Waals surface area (Å²) in [6, 6.07) is 4.72. The SMILES string of the molecule is Cc1c(F)c(F)cc(-c2cc(CCCNC3CC3)nc(C#N)n2)c1F. The molecule has 1 aliphatic rings. The van der Waals surface area contributed by atoms with Crippen LogP contribution < -0.4 is 5.32 Å². The number of halogens is 3. The number of aryl methyl sites for hydroxylation is 1. The standard InChI is InChI=1S/C18H17F3N4/c1-10-17(20)13(8-14(19)18(10)21)15-7-12(24-16(9-22)25-15)3-2-6-23-11-4-5-11/h7-8,11,23H,2-6H2,1H3. The molecule has 0 radical (unpaired) electrons. The summed E-state index contributed by atoms with van der Waals surface area (Å²) in [5.74, 6) is -3.38. The minimum Gasteiger partial charge on any atom is -0.314 e. The largest absolute Gasteiger partial charge is 0.314 e. The van der Waals surface area contributed by atoms with E-state index in [-0.39, 0.29) is 17.1 Å². The topological polar surface area (TPSA) is 61.6 Å². The highest BCUT2D eigenvalue weighted by Gasteiger charge is 2.20. The molecule has 0 aliphatic heterocycles. The Morgan fingerprint density at radius 1 is 1.20 bits per heavy atom. The van der Waals surface area contributed by atoms with Gasteiger partial charge in [-0.15, -0.1) is 0 Å². The van der Waals surface area contributed by atoms with Gasteiger partial charge in [-0.05, 0) is 51.3 Å². The van der Waals surface area contributed by atoms with Crippen LogP contribution >= 0.6 is 0 Å². The van der Waals surface area contributed by atoms with Crippen molar-refractivity contribution in [2.24, 2.45) is 0 Å². The van der Waals surface area contributed by atoms with Crippen LogP contribution in [0.2, 0.25) is 0 Å². The summed E-state index contributed by atoms with van der Waals surface area (Å²) in [5.41, 5.74) is 0.0621. The lowest BCUT2D eigenvalue weighted by atomic mass is 10.0. The van der Waals surface area contributed by atoms with Crippen LogP contribution in [0.1, 0.15) is 36.3 Å². The van der Waals surface area contributed by atoms with Crippen LogP contribution in [0.3, 0.4) is 0 Å². The van der Waals surface area contributed by atoms with Crippen LogP contribution in [0.4, 0.5) is 13.2 Å². The molecule has 3 rings (SSSR count). The summed E-state index contributed by atoms with van der Waals surface area (Å²) in [6.07, 6.45) is 3.78. The fourth-order valence-corrected chi connectivity index (χ4v) is 2.59. The first-order chi connectivity index (χ1) is 12.0. The maximum atomic E-state index is 14.3. The Bertz CT molecular complexity index is 841. The molecule has 130 valence electrons. The van der Waals surface area contributed by atoms with Crippen molar-refractivity contribution in [1.29, 1.82) is 5.26 Å². The number of rotatable bonds is 6. The van der Waals surface area contributed by atoms with E-state index in [0.717, 1.165) is 26.0 Å². The monoisotopic (exact) mass is 346 g/mol. The smallest absolute Gasteiger partial charge is 0.232 e. The third kappa shape index (κ3) is 3.97. The van der Waals surface area contributed by atoms with E-state index < -0.39 is 23.0 Å². The number of nitrogens with one attached hydrogen (secondary N) is 1. The minimum absolute atomic E-state index is 0.0798. The van der Waals surface area contributed by atoms with Gasteiger partial charge in [0.2, 0.25) is 5.82 Å². The van der Waals surface area contributed by atoms with Crippen LogP contribution in [-0.2, 0) is 6.42 Å². The molecule has 4 nitrogen and oxygen atoms in total. The molecule has 2 aromatic rings. The van der Waals surface area contributed by atoms with Crippen molar-refractivity contribution in [1.82, 2.24) is 15.3 Å². The van der Waals surface area contributed by atoms with E-state index in [1.165, 1.54) is 18.9 Å². The summed E-state index contributed by atoms with van der Waals surface area (Å²) in [6.45, 7) is 1.98. The molecule has 0 amide bonds. The zero-order chi connectivity index (χ0) is 18.0. The second-order valence-electron chi connectivity index (χ2n) is 6.17. The molecule has 1 aromatic carbocycles. The zero-order valence-electron chi connectivity index (χ0n) is 13.7. The number of nitriles is 1. The second-order valence-corrected chi connectivity index (χ2v) is 6.17. The average molecular weight is 346 g/mol. The fourth-order valence-electron chi connectivity index (χ4n) is 2.59. The number of benzene rings is 1. The predicted molar refractivity (Wildman–Crippen MR) is 86.1 cm³/mol. The van der Waals surface area contributed by atoms with Gasteiger partial charge in [0.25, 0.3) is 0 Å². The van der Waals surface area contributed by atoms with Crippen molar-refractivity contribution in [3.8, 4) is 17.3 Å². The summed E-state index contributed by atoms with van der Waals surface area (Å²) in [4.78, 5) is 8.06. The second kappa shape index (κ2) is 7.19. The first kappa shape index (κ1) is 17.4. The molecule has 7 heteroatoms. The maximum absolute atomic E-state index is 14.3. The summed E-state index contributed by atoms with van der Waals surface area (Å²) in [5, 5.41) is 12.5. The van der Waals surface area contributed by atoms with Gasteiger partial charge in [0, 0.05) is 22.9 Å². The molecular weight excluding hydrogens is 329 g/mol. The lowest BCUT2D eigenvalue weighted by Crippen LogP contribution is -2.18. The molecule has 0 atom stereocenters. The molecule has 1 saturated carbocycles. The van der Waals surface area contributed by atoms with Crippen LogP contribution in [-0.4, -0.2) is 22.6 Å². The van der Waals surface area contributed by atoms with E-state index in [4.69, 9.17) is 5.26 Å². The molecule has 0 spiro atoms. The molecule has 25 heavy (non-hydrogen) atoms. The van der Waals surface area contributed by atoms with Gasteiger partial charge in [0.15, 0.2) is 11.6 Å². The number of hydrogen-bond acceptors (Lipinski definition) is 4.